The summed E-state index contributed by atoms with van der Waals surface area (Å²) in [6, 6.07) is 10.8. The number of nitrogens with zero attached hydrogens (tertiary/aromatic N) is 3. The van der Waals surface area contributed by atoms with Crippen molar-refractivity contribution in [2.24, 2.45) is 0 Å². The van der Waals surface area contributed by atoms with Crippen molar-refractivity contribution in [3.63, 3.8) is 0 Å². The number of rotatable bonds is 6. The van der Waals surface area contributed by atoms with Gasteiger partial charge in [0.15, 0.2) is 5.16 Å². The van der Waals surface area contributed by atoms with Gasteiger partial charge < -0.3 is 5.32 Å². The third-order valence-corrected chi connectivity index (χ3v) is 5.22. The Kier molecular flexibility index (Phi) is 5.87. The molecule has 2 N–H and O–H groups in total. The van der Waals surface area contributed by atoms with Gasteiger partial charge in [0, 0.05) is 25.7 Å². The number of aromatic nitrogens is 3. The van der Waals surface area contributed by atoms with Gasteiger partial charge in [-0.15, -0.1) is 0 Å². The molecule has 3 rings (SSSR count). The summed E-state index contributed by atoms with van der Waals surface area (Å²) in [6.45, 7) is 4.92. The fraction of sp³-hybridized carbons (Fsp3) is 0.471. The van der Waals surface area contributed by atoms with Crippen LogP contribution < -0.4 is 5.32 Å². The number of thioether (sulfide) groups is 1. The first-order valence-corrected chi connectivity index (χ1v) is 9.17. The molecule has 7 heteroatoms. The quantitative estimate of drug-likeness (QED) is 0.784. The maximum atomic E-state index is 12.3. The van der Waals surface area contributed by atoms with Gasteiger partial charge in [0.05, 0.1) is 5.25 Å². The molecule has 0 bridgehead atoms. The van der Waals surface area contributed by atoms with Gasteiger partial charge in [-0.25, -0.2) is 4.98 Å². The number of piperidine rings is 1. The minimum atomic E-state index is -0.180. The molecule has 128 valence electrons. The van der Waals surface area contributed by atoms with Crippen molar-refractivity contribution in [3.05, 3.63) is 42.2 Å². The van der Waals surface area contributed by atoms with Crippen molar-refractivity contribution in [2.75, 3.05) is 13.1 Å². The molecule has 1 unspecified atom stereocenters. The number of amides is 1. The summed E-state index contributed by atoms with van der Waals surface area (Å²) in [5.74, 6) is 0.0675. The van der Waals surface area contributed by atoms with Gasteiger partial charge in [-0.05, 0) is 25.3 Å². The molecular formula is C17H23N5OS. The zero-order valence-corrected chi connectivity index (χ0v) is 14.6. The van der Waals surface area contributed by atoms with E-state index in [1.54, 1.807) is 0 Å². The molecule has 0 spiro atoms. The lowest BCUT2D eigenvalue weighted by atomic mass is 10.0. The Morgan fingerprint density at radius 1 is 1.38 bits per heavy atom. The van der Waals surface area contributed by atoms with Gasteiger partial charge in [-0.2, -0.15) is 5.10 Å². The molecule has 2 heterocycles. The number of carbonyl (C=O) groups is 1. The van der Waals surface area contributed by atoms with E-state index in [4.69, 9.17) is 0 Å². The molecule has 24 heavy (non-hydrogen) atoms. The first-order valence-electron chi connectivity index (χ1n) is 8.29. The Morgan fingerprint density at radius 2 is 2.12 bits per heavy atom. The second kappa shape index (κ2) is 8.30. The lowest BCUT2D eigenvalue weighted by Gasteiger charge is -2.32. The van der Waals surface area contributed by atoms with Gasteiger partial charge in [-0.3, -0.25) is 14.8 Å². The topological polar surface area (TPSA) is 73.9 Å². The fourth-order valence-electron chi connectivity index (χ4n) is 2.87. The van der Waals surface area contributed by atoms with Crippen LogP contribution in [-0.2, 0) is 11.3 Å². The van der Waals surface area contributed by atoms with E-state index in [0.717, 1.165) is 32.5 Å². The Morgan fingerprint density at radius 3 is 2.79 bits per heavy atom. The van der Waals surface area contributed by atoms with Gasteiger partial charge in [0.1, 0.15) is 6.33 Å². The second-order valence-electron chi connectivity index (χ2n) is 6.10. The minimum absolute atomic E-state index is 0.0675. The Bertz CT molecular complexity index is 626. The van der Waals surface area contributed by atoms with E-state index in [2.05, 4.69) is 49.7 Å². The standard InChI is InChI=1S/C17H23N5OS/c1-13(24-17-18-12-19-21-17)16(23)20-15-7-9-22(10-8-15)11-14-5-3-2-4-6-14/h2-6,12-13,15H,7-11H2,1H3,(H,20,23)(H,18,19,21). The summed E-state index contributed by atoms with van der Waals surface area (Å²) in [5.41, 5.74) is 1.34. The van der Waals surface area contributed by atoms with Crippen molar-refractivity contribution in [1.29, 1.82) is 0 Å². The number of carbonyl (C=O) groups excluding carboxylic acids is 1. The molecule has 1 amide bonds. The summed E-state index contributed by atoms with van der Waals surface area (Å²) in [6.07, 6.45) is 3.45. The molecule has 1 aliphatic rings. The first-order chi connectivity index (χ1) is 11.7. The lowest BCUT2D eigenvalue weighted by Crippen LogP contribution is -2.46. The molecule has 0 radical (unpaired) electrons. The molecule has 1 fully saturated rings. The SMILES string of the molecule is CC(Sc1ncn[nH]1)C(=O)NC1CCN(Cc2ccccc2)CC1. The van der Waals surface area contributed by atoms with Crippen LogP contribution >= 0.6 is 11.8 Å². The number of H-pyrrole nitrogens is 1. The van der Waals surface area contributed by atoms with Crippen LogP contribution in [0.5, 0.6) is 0 Å². The first kappa shape index (κ1) is 17.0. The number of likely N-dealkylation sites (tertiary alicyclic amines) is 1. The van der Waals surface area contributed by atoms with E-state index in [9.17, 15) is 4.79 Å². The number of hydrogen-bond acceptors (Lipinski definition) is 5. The zero-order valence-electron chi connectivity index (χ0n) is 13.8. The molecule has 1 aliphatic heterocycles. The van der Waals surface area contributed by atoms with Crippen LogP contribution in [-0.4, -0.2) is 50.4 Å². The Balaban J connectivity index is 1.41. The van der Waals surface area contributed by atoms with Gasteiger partial charge in [0.25, 0.3) is 0 Å². The van der Waals surface area contributed by atoms with Gasteiger partial charge in [0.2, 0.25) is 5.91 Å². The van der Waals surface area contributed by atoms with Crippen molar-refractivity contribution in [2.45, 2.75) is 42.8 Å². The van der Waals surface area contributed by atoms with Crippen LogP contribution in [0, 0.1) is 0 Å². The van der Waals surface area contributed by atoms with Gasteiger partial charge >= 0.3 is 0 Å². The fourth-order valence-corrected chi connectivity index (χ4v) is 3.59. The summed E-state index contributed by atoms with van der Waals surface area (Å²) >= 11 is 1.40. The highest BCUT2D eigenvalue weighted by Gasteiger charge is 2.23. The van der Waals surface area contributed by atoms with Crippen LogP contribution in [0.4, 0.5) is 0 Å². The molecule has 6 nitrogen and oxygen atoms in total. The lowest BCUT2D eigenvalue weighted by molar-refractivity contribution is -0.121. The Hall–Kier alpha value is -1.86. The van der Waals surface area contributed by atoms with E-state index in [-0.39, 0.29) is 17.2 Å². The molecule has 0 aliphatic carbocycles. The smallest absolute Gasteiger partial charge is 0.233 e. The van der Waals surface area contributed by atoms with E-state index in [1.807, 2.05) is 13.0 Å². The van der Waals surface area contributed by atoms with Gasteiger partial charge in [-0.1, -0.05) is 42.1 Å². The third kappa shape index (κ3) is 4.82. The zero-order chi connectivity index (χ0) is 16.8. The van der Waals surface area contributed by atoms with Crippen molar-refractivity contribution < 1.29 is 4.79 Å². The molecule has 2 aromatic rings. The number of aromatic amines is 1. The predicted octanol–water partition coefficient (Wildman–Crippen LogP) is 2.07. The summed E-state index contributed by atoms with van der Waals surface area (Å²) in [4.78, 5) is 18.8. The second-order valence-corrected chi connectivity index (χ2v) is 7.42. The number of benzene rings is 1. The van der Waals surface area contributed by atoms with Crippen LogP contribution in [0.2, 0.25) is 0 Å². The highest BCUT2D eigenvalue weighted by Crippen LogP contribution is 2.19. The summed E-state index contributed by atoms with van der Waals surface area (Å²) in [5, 5.41) is 10.2. The minimum Gasteiger partial charge on any atom is -0.352 e. The van der Waals surface area contributed by atoms with Crippen LogP contribution in [0.3, 0.4) is 0 Å². The maximum Gasteiger partial charge on any atom is 0.233 e. The van der Waals surface area contributed by atoms with Crippen LogP contribution in [0.1, 0.15) is 25.3 Å². The summed E-state index contributed by atoms with van der Waals surface area (Å²) < 4.78 is 0. The van der Waals surface area contributed by atoms with E-state index < -0.39 is 0 Å². The van der Waals surface area contributed by atoms with Crippen LogP contribution in [0.15, 0.2) is 41.8 Å². The van der Waals surface area contributed by atoms with E-state index in [1.165, 1.54) is 23.7 Å². The average molecular weight is 345 g/mol. The maximum absolute atomic E-state index is 12.3. The van der Waals surface area contributed by atoms with Crippen molar-refractivity contribution in [1.82, 2.24) is 25.4 Å². The van der Waals surface area contributed by atoms with Crippen molar-refractivity contribution >= 4 is 17.7 Å². The van der Waals surface area contributed by atoms with E-state index in [0.29, 0.717) is 5.16 Å². The Labute approximate surface area is 146 Å². The number of hydrogen-bond donors (Lipinski definition) is 2. The van der Waals surface area contributed by atoms with Crippen LogP contribution in [0.25, 0.3) is 0 Å². The third-order valence-electron chi connectivity index (χ3n) is 4.23. The largest absolute Gasteiger partial charge is 0.352 e. The molecule has 1 aromatic carbocycles. The molecule has 1 saturated heterocycles. The average Bonchev–Trinajstić information content (AvgIpc) is 3.10. The molecular weight excluding hydrogens is 322 g/mol. The van der Waals surface area contributed by atoms with E-state index >= 15 is 0 Å². The predicted molar refractivity (Wildman–Crippen MR) is 94.6 cm³/mol. The monoisotopic (exact) mass is 345 g/mol. The molecule has 0 saturated carbocycles. The normalized spacial score (nSPS) is 17.5. The summed E-state index contributed by atoms with van der Waals surface area (Å²) in [7, 11) is 0. The highest BCUT2D eigenvalue weighted by molar-refractivity contribution is 8.00. The highest BCUT2D eigenvalue weighted by atomic mass is 32.2. The molecule has 1 aromatic heterocycles. The van der Waals surface area contributed by atoms with Crippen molar-refractivity contribution in [3.8, 4) is 0 Å². The number of nitrogens with one attached hydrogen (secondary N) is 2. The molecule has 1 atom stereocenters.